The molecule has 4 aromatic rings. The number of H-pyrrole nitrogens is 1. The minimum absolute atomic E-state index is 0.130. The zero-order valence-corrected chi connectivity index (χ0v) is 15.7. The van der Waals surface area contributed by atoms with Crippen LogP contribution in [0, 0.1) is 0 Å². The molecular weight excluding hydrogens is 378 g/mol. The number of aromatic amines is 1. The highest BCUT2D eigenvalue weighted by molar-refractivity contribution is 6.29. The Morgan fingerprint density at radius 1 is 1.21 bits per heavy atom. The molecule has 0 saturated carbocycles. The summed E-state index contributed by atoms with van der Waals surface area (Å²) in [6.07, 6.45) is 3.26. The summed E-state index contributed by atoms with van der Waals surface area (Å²) in [4.78, 5) is 27.9. The third-order valence-electron chi connectivity index (χ3n) is 4.27. The number of hydrogen-bond acceptors (Lipinski definition) is 5. The smallest absolute Gasteiger partial charge is 0.222 e. The molecule has 4 aromatic heterocycles. The van der Waals surface area contributed by atoms with Gasteiger partial charge in [-0.05, 0) is 30.3 Å². The van der Waals surface area contributed by atoms with E-state index in [1.165, 1.54) is 6.92 Å². The molecule has 140 valence electrons. The first-order valence-electron chi connectivity index (χ1n) is 8.54. The van der Waals surface area contributed by atoms with Crippen LogP contribution in [0.3, 0.4) is 0 Å². The number of fused-ring (bicyclic) bond motifs is 1. The number of carbonyl (C=O) groups is 1. The lowest BCUT2D eigenvalue weighted by Gasteiger charge is -2.07. The first kappa shape index (κ1) is 18.1. The average Bonchev–Trinajstić information content (AvgIpc) is 3.07. The number of nitrogens with one attached hydrogen (secondary N) is 2. The molecule has 0 saturated heterocycles. The molecule has 0 radical (unpaired) electrons. The predicted molar refractivity (Wildman–Crippen MR) is 108 cm³/mol. The molecule has 0 aliphatic rings. The number of aliphatic hydroxyl groups is 1. The number of nitrogens with zero attached hydrogens (tertiary/aromatic N) is 3. The number of anilines is 1. The first-order chi connectivity index (χ1) is 13.6. The van der Waals surface area contributed by atoms with Gasteiger partial charge in [0.1, 0.15) is 11.0 Å². The zero-order valence-electron chi connectivity index (χ0n) is 14.9. The molecule has 1 amide bonds. The molecule has 0 aromatic carbocycles. The van der Waals surface area contributed by atoms with E-state index in [1.54, 1.807) is 30.6 Å². The highest BCUT2D eigenvalue weighted by Crippen LogP contribution is 2.38. The monoisotopic (exact) mass is 393 g/mol. The maximum absolute atomic E-state index is 11.4. The van der Waals surface area contributed by atoms with E-state index in [0.717, 1.165) is 27.9 Å². The van der Waals surface area contributed by atoms with Crippen LogP contribution < -0.4 is 5.32 Å². The summed E-state index contributed by atoms with van der Waals surface area (Å²) in [5, 5.41) is 12.8. The number of amides is 1. The molecule has 4 rings (SSSR count). The fourth-order valence-corrected chi connectivity index (χ4v) is 3.28. The van der Waals surface area contributed by atoms with Gasteiger partial charge >= 0.3 is 0 Å². The van der Waals surface area contributed by atoms with Gasteiger partial charge in [0.25, 0.3) is 0 Å². The van der Waals surface area contributed by atoms with E-state index in [4.69, 9.17) is 11.6 Å². The fourth-order valence-electron chi connectivity index (χ4n) is 3.12. The average molecular weight is 394 g/mol. The number of rotatable bonds is 4. The predicted octanol–water partition coefficient (Wildman–Crippen LogP) is 3.79. The van der Waals surface area contributed by atoms with Gasteiger partial charge in [-0.25, -0.2) is 9.97 Å². The zero-order chi connectivity index (χ0) is 19.7. The number of carbonyl (C=O) groups excluding carboxylic acids is 1. The van der Waals surface area contributed by atoms with Crippen molar-refractivity contribution in [2.75, 3.05) is 5.32 Å². The summed E-state index contributed by atoms with van der Waals surface area (Å²) < 4.78 is 0. The van der Waals surface area contributed by atoms with E-state index in [-0.39, 0.29) is 12.5 Å². The van der Waals surface area contributed by atoms with Crippen LogP contribution in [0.25, 0.3) is 33.5 Å². The Kier molecular flexibility index (Phi) is 4.77. The topological polar surface area (TPSA) is 104 Å². The molecule has 7 nitrogen and oxygen atoms in total. The van der Waals surface area contributed by atoms with Crippen LogP contribution in [0.15, 0.2) is 48.8 Å². The number of pyridine rings is 3. The molecule has 0 aliphatic carbocycles. The van der Waals surface area contributed by atoms with Crippen molar-refractivity contribution >= 4 is 34.4 Å². The van der Waals surface area contributed by atoms with Crippen molar-refractivity contribution in [1.29, 1.82) is 0 Å². The molecule has 8 heteroatoms. The third kappa shape index (κ3) is 3.33. The molecule has 0 bridgehead atoms. The van der Waals surface area contributed by atoms with Gasteiger partial charge in [-0.15, -0.1) is 0 Å². The normalized spacial score (nSPS) is 11.0. The molecule has 0 unspecified atom stereocenters. The van der Waals surface area contributed by atoms with E-state index in [1.807, 2.05) is 18.2 Å². The lowest BCUT2D eigenvalue weighted by Crippen LogP contribution is -2.07. The summed E-state index contributed by atoms with van der Waals surface area (Å²) >= 11 is 6.11. The van der Waals surface area contributed by atoms with Crippen LogP contribution in [0.2, 0.25) is 5.15 Å². The van der Waals surface area contributed by atoms with E-state index in [0.29, 0.717) is 22.2 Å². The van der Waals surface area contributed by atoms with Gasteiger partial charge in [0.2, 0.25) is 5.91 Å². The second-order valence-corrected chi connectivity index (χ2v) is 6.57. The Morgan fingerprint density at radius 3 is 2.79 bits per heavy atom. The summed E-state index contributed by atoms with van der Waals surface area (Å²) in [6.45, 7) is 1.30. The Bertz CT molecular complexity index is 1190. The second kappa shape index (κ2) is 7.38. The van der Waals surface area contributed by atoms with Crippen LogP contribution >= 0.6 is 11.6 Å². The Balaban J connectivity index is 2.00. The third-order valence-corrected chi connectivity index (χ3v) is 4.48. The molecule has 4 heterocycles. The van der Waals surface area contributed by atoms with E-state index < -0.39 is 0 Å². The van der Waals surface area contributed by atoms with Gasteiger partial charge < -0.3 is 15.4 Å². The van der Waals surface area contributed by atoms with Crippen LogP contribution in [0.1, 0.15) is 12.5 Å². The number of hydrogen-bond donors (Lipinski definition) is 3. The van der Waals surface area contributed by atoms with Crippen molar-refractivity contribution in [2.45, 2.75) is 13.5 Å². The molecule has 0 aliphatic heterocycles. The fraction of sp³-hybridized carbons (Fsp3) is 0.100. The Hall–Kier alpha value is -3.29. The number of aliphatic hydroxyl groups excluding tert-OH is 1. The largest absolute Gasteiger partial charge is 0.392 e. The van der Waals surface area contributed by atoms with Crippen LogP contribution in [-0.4, -0.2) is 30.9 Å². The van der Waals surface area contributed by atoms with Crippen LogP contribution in [-0.2, 0) is 11.4 Å². The van der Waals surface area contributed by atoms with Gasteiger partial charge in [-0.2, -0.15) is 0 Å². The van der Waals surface area contributed by atoms with Crippen molar-refractivity contribution in [3.05, 3.63) is 59.5 Å². The second-order valence-electron chi connectivity index (χ2n) is 6.18. The van der Waals surface area contributed by atoms with E-state index in [2.05, 4.69) is 25.3 Å². The Labute approximate surface area is 165 Å². The van der Waals surface area contributed by atoms with Crippen molar-refractivity contribution < 1.29 is 9.90 Å². The highest BCUT2D eigenvalue weighted by atomic mass is 35.5. The lowest BCUT2D eigenvalue weighted by molar-refractivity contribution is -0.114. The van der Waals surface area contributed by atoms with Crippen molar-refractivity contribution in [3.63, 3.8) is 0 Å². The van der Waals surface area contributed by atoms with Gasteiger partial charge in [0.15, 0.2) is 0 Å². The minimum atomic E-state index is -0.206. The quantitative estimate of drug-likeness (QED) is 0.457. The Morgan fingerprint density at radius 2 is 2.04 bits per heavy atom. The summed E-state index contributed by atoms with van der Waals surface area (Å²) in [5.74, 6) is 0.228. The van der Waals surface area contributed by atoms with Crippen molar-refractivity contribution in [2.24, 2.45) is 0 Å². The maximum Gasteiger partial charge on any atom is 0.222 e. The molecule has 0 fully saturated rings. The van der Waals surface area contributed by atoms with Crippen LogP contribution in [0.5, 0.6) is 0 Å². The number of aromatic nitrogens is 4. The standard InChI is InChI=1S/C20H16ClN5O2/c1-11(28)24-16-9-12(5-7-22-16)18-17(14-3-2-4-15(21)25-14)20-19(26-18)13(10-27)6-8-23-20/h2-9,26-27H,10H2,1H3,(H,22,24,28). The maximum atomic E-state index is 11.4. The highest BCUT2D eigenvalue weighted by Gasteiger charge is 2.19. The van der Waals surface area contributed by atoms with Gasteiger partial charge in [0.05, 0.1) is 34.6 Å². The molecule has 0 atom stereocenters. The van der Waals surface area contributed by atoms with Crippen LogP contribution in [0.4, 0.5) is 5.82 Å². The van der Waals surface area contributed by atoms with Crippen molar-refractivity contribution in [3.8, 4) is 22.5 Å². The molecule has 28 heavy (non-hydrogen) atoms. The van der Waals surface area contributed by atoms with Gasteiger partial charge in [-0.3, -0.25) is 9.78 Å². The van der Waals surface area contributed by atoms with Crippen molar-refractivity contribution in [1.82, 2.24) is 19.9 Å². The van der Waals surface area contributed by atoms with E-state index >= 15 is 0 Å². The van der Waals surface area contributed by atoms with Gasteiger partial charge in [-0.1, -0.05) is 17.7 Å². The minimum Gasteiger partial charge on any atom is -0.392 e. The molecule has 0 spiro atoms. The summed E-state index contributed by atoms with van der Waals surface area (Å²) in [6, 6.07) is 10.7. The lowest BCUT2D eigenvalue weighted by atomic mass is 10.0. The molecular formula is C20H16ClN5O2. The van der Waals surface area contributed by atoms with E-state index in [9.17, 15) is 9.90 Å². The number of halogens is 1. The first-order valence-corrected chi connectivity index (χ1v) is 8.92. The molecule has 3 N–H and O–H groups in total. The summed E-state index contributed by atoms with van der Waals surface area (Å²) in [5.41, 5.74) is 5.05. The van der Waals surface area contributed by atoms with Gasteiger partial charge in [0, 0.05) is 30.4 Å². The summed E-state index contributed by atoms with van der Waals surface area (Å²) in [7, 11) is 0. The SMILES string of the molecule is CC(=O)Nc1cc(-c2[nH]c3c(CO)ccnc3c2-c2cccc(Cl)n2)ccn1.